The summed E-state index contributed by atoms with van der Waals surface area (Å²) in [6.45, 7) is 1.49. The summed E-state index contributed by atoms with van der Waals surface area (Å²) >= 11 is 0. The van der Waals surface area contributed by atoms with E-state index in [1.54, 1.807) is 12.0 Å². The van der Waals surface area contributed by atoms with Crippen LogP contribution in [-0.4, -0.2) is 43.5 Å². The first-order valence-electron chi connectivity index (χ1n) is 13.3. The molecule has 0 spiro atoms. The molecule has 2 N–H and O–H groups in total. The van der Waals surface area contributed by atoms with E-state index in [-0.39, 0.29) is 23.9 Å². The lowest BCUT2D eigenvalue weighted by molar-refractivity contribution is 0.0674. The number of methoxy groups -OCH3 is 1. The van der Waals surface area contributed by atoms with Crippen molar-refractivity contribution in [3.05, 3.63) is 137 Å². The fourth-order valence-electron chi connectivity index (χ4n) is 5.15. The molecule has 2 amide bonds. The summed E-state index contributed by atoms with van der Waals surface area (Å²) in [5.41, 5.74) is 5.53. The molecule has 0 aromatic heterocycles. The maximum atomic E-state index is 13.0. The summed E-state index contributed by atoms with van der Waals surface area (Å²) in [6.07, 6.45) is 0.502. The van der Waals surface area contributed by atoms with Gasteiger partial charge in [-0.25, -0.2) is 0 Å². The molecule has 1 atom stereocenters. The van der Waals surface area contributed by atoms with Crippen LogP contribution < -0.4 is 10.6 Å². The van der Waals surface area contributed by atoms with Crippen LogP contribution in [0.5, 0.6) is 0 Å². The molecule has 1 aliphatic rings. The molecule has 0 radical (unpaired) electrons. The largest absolute Gasteiger partial charge is 0.383 e. The summed E-state index contributed by atoms with van der Waals surface area (Å²) < 4.78 is 5.22. The molecule has 4 aromatic rings. The first-order valence-corrected chi connectivity index (χ1v) is 13.3. The Kier molecular flexibility index (Phi) is 8.34. The Morgan fingerprint density at radius 3 is 2.10 bits per heavy atom. The third-order valence-corrected chi connectivity index (χ3v) is 7.17. The van der Waals surface area contributed by atoms with Crippen molar-refractivity contribution in [2.75, 3.05) is 32.1 Å². The fourth-order valence-corrected chi connectivity index (χ4v) is 5.15. The lowest BCUT2D eigenvalue weighted by Gasteiger charge is -2.27. The minimum absolute atomic E-state index is 0.0135. The topological polar surface area (TPSA) is 70.7 Å². The van der Waals surface area contributed by atoms with Crippen molar-refractivity contribution < 1.29 is 14.3 Å². The van der Waals surface area contributed by atoms with Gasteiger partial charge in [-0.1, -0.05) is 78.9 Å². The van der Waals surface area contributed by atoms with Crippen LogP contribution in [0.3, 0.4) is 0 Å². The molecule has 0 fully saturated rings. The molecule has 39 heavy (non-hydrogen) atoms. The Labute approximate surface area is 229 Å². The van der Waals surface area contributed by atoms with Crippen molar-refractivity contribution >= 4 is 17.5 Å². The molecular formula is C33H33N3O3. The number of hydrogen-bond acceptors (Lipinski definition) is 4. The van der Waals surface area contributed by atoms with Gasteiger partial charge in [-0.05, 0) is 47.9 Å². The van der Waals surface area contributed by atoms with E-state index < -0.39 is 0 Å². The SMILES string of the molecule is COCCN1C(=O)c2ccccc2C1Nc1ccc(C(=O)NCCC(c2ccccc2)c2ccccc2)cc1. The monoisotopic (exact) mass is 519 g/mol. The number of ether oxygens (including phenoxy) is 1. The van der Waals surface area contributed by atoms with Crippen molar-refractivity contribution in [2.24, 2.45) is 0 Å². The number of rotatable bonds is 11. The zero-order valence-electron chi connectivity index (χ0n) is 22.0. The van der Waals surface area contributed by atoms with Crippen LogP contribution in [0.4, 0.5) is 5.69 Å². The molecule has 6 heteroatoms. The number of nitrogens with zero attached hydrogens (tertiary/aromatic N) is 1. The summed E-state index contributed by atoms with van der Waals surface area (Å²) in [5, 5.41) is 6.55. The Bertz CT molecular complexity index is 1350. The van der Waals surface area contributed by atoms with Gasteiger partial charge in [-0.2, -0.15) is 0 Å². The average Bonchev–Trinajstić information content (AvgIpc) is 3.25. The first kappa shape index (κ1) is 26.2. The lowest BCUT2D eigenvalue weighted by atomic mass is 9.88. The first-order chi connectivity index (χ1) is 19.2. The molecule has 5 rings (SSSR count). The quantitative estimate of drug-likeness (QED) is 0.261. The second-order valence-electron chi connectivity index (χ2n) is 9.62. The van der Waals surface area contributed by atoms with E-state index in [9.17, 15) is 9.59 Å². The van der Waals surface area contributed by atoms with Crippen molar-refractivity contribution in [1.82, 2.24) is 10.2 Å². The van der Waals surface area contributed by atoms with E-state index >= 15 is 0 Å². The van der Waals surface area contributed by atoms with Gasteiger partial charge in [-0.15, -0.1) is 0 Å². The van der Waals surface area contributed by atoms with Gasteiger partial charge in [-0.3, -0.25) is 9.59 Å². The van der Waals surface area contributed by atoms with E-state index in [1.807, 2.05) is 60.7 Å². The van der Waals surface area contributed by atoms with Crippen molar-refractivity contribution in [3.8, 4) is 0 Å². The number of benzene rings is 4. The predicted molar refractivity (Wildman–Crippen MR) is 154 cm³/mol. The van der Waals surface area contributed by atoms with Gasteiger partial charge in [0.15, 0.2) is 0 Å². The highest BCUT2D eigenvalue weighted by Crippen LogP contribution is 2.34. The zero-order valence-corrected chi connectivity index (χ0v) is 22.0. The van der Waals surface area contributed by atoms with Gasteiger partial charge in [0.25, 0.3) is 11.8 Å². The highest BCUT2D eigenvalue weighted by Gasteiger charge is 2.36. The highest BCUT2D eigenvalue weighted by molar-refractivity contribution is 5.99. The van der Waals surface area contributed by atoms with Gasteiger partial charge in [0.1, 0.15) is 6.17 Å². The minimum atomic E-state index is -0.295. The third kappa shape index (κ3) is 6.02. The van der Waals surface area contributed by atoms with E-state index in [0.29, 0.717) is 30.8 Å². The van der Waals surface area contributed by atoms with Crippen molar-refractivity contribution in [2.45, 2.75) is 18.5 Å². The molecule has 1 unspecified atom stereocenters. The number of amides is 2. The van der Waals surface area contributed by atoms with Crippen LogP contribution in [0.2, 0.25) is 0 Å². The smallest absolute Gasteiger partial charge is 0.256 e. The fraction of sp³-hybridized carbons (Fsp3) is 0.212. The number of carbonyl (C=O) groups excluding carboxylic acids is 2. The van der Waals surface area contributed by atoms with Crippen molar-refractivity contribution in [1.29, 1.82) is 0 Å². The minimum Gasteiger partial charge on any atom is -0.383 e. The molecule has 198 valence electrons. The standard InChI is InChI=1S/C33H33N3O3/c1-39-23-22-36-31(29-14-8-9-15-30(29)33(36)38)35-27-18-16-26(17-19-27)32(37)34-21-20-28(24-10-4-2-5-11-24)25-12-6-3-7-13-25/h2-19,28,31,35H,20-23H2,1H3,(H,34,37). The summed E-state index contributed by atoms with van der Waals surface area (Å²) in [5.74, 6) is 0.0855. The molecule has 4 aromatic carbocycles. The van der Waals surface area contributed by atoms with Gasteiger partial charge >= 0.3 is 0 Å². The predicted octanol–water partition coefficient (Wildman–Crippen LogP) is 5.85. The molecule has 0 saturated heterocycles. The van der Waals surface area contributed by atoms with Crippen LogP contribution in [0.1, 0.15) is 55.9 Å². The Balaban J connectivity index is 1.22. The molecule has 0 bridgehead atoms. The summed E-state index contributed by atoms with van der Waals surface area (Å²) in [6, 6.07) is 35.8. The van der Waals surface area contributed by atoms with E-state index in [4.69, 9.17) is 4.74 Å². The van der Waals surface area contributed by atoms with Gasteiger partial charge in [0, 0.05) is 48.5 Å². The van der Waals surface area contributed by atoms with Crippen LogP contribution >= 0.6 is 0 Å². The second kappa shape index (κ2) is 12.4. The Morgan fingerprint density at radius 1 is 0.846 bits per heavy atom. The molecule has 1 heterocycles. The molecule has 1 aliphatic heterocycles. The van der Waals surface area contributed by atoms with Gasteiger partial charge in [0.05, 0.1) is 6.61 Å². The van der Waals surface area contributed by atoms with Crippen LogP contribution in [-0.2, 0) is 4.74 Å². The highest BCUT2D eigenvalue weighted by atomic mass is 16.5. The number of nitrogens with one attached hydrogen (secondary N) is 2. The molecule has 0 aliphatic carbocycles. The third-order valence-electron chi connectivity index (χ3n) is 7.17. The van der Waals surface area contributed by atoms with Crippen LogP contribution in [0.15, 0.2) is 109 Å². The van der Waals surface area contributed by atoms with Gasteiger partial charge < -0.3 is 20.3 Å². The summed E-state index contributed by atoms with van der Waals surface area (Å²) in [4.78, 5) is 27.7. The van der Waals surface area contributed by atoms with E-state index in [2.05, 4.69) is 59.2 Å². The number of anilines is 1. The Hall–Kier alpha value is -4.42. The van der Waals surface area contributed by atoms with Gasteiger partial charge in [0.2, 0.25) is 0 Å². The van der Waals surface area contributed by atoms with Crippen LogP contribution in [0.25, 0.3) is 0 Å². The lowest BCUT2D eigenvalue weighted by Crippen LogP contribution is -2.35. The van der Waals surface area contributed by atoms with Crippen LogP contribution in [0, 0.1) is 0 Å². The number of carbonyl (C=O) groups is 2. The number of fused-ring (bicyclic) bond motifs is 1. The zero-order chi connectivity index (χ0) is 27.0. The molecular weight excluding hydrogens is 486 g/mol. The molecule has 6 nitrogen and oxygen atoms in total. The van der Waals surface area contributed by atoms with E-state index in [1.165, 1.54) is 11.1 Å². The average molecular weight is 520 g/mol. The summed E-state index contributed by atoms with van der Waals surface area (Å²) in [7, 11) is 1.63. The molecule has 0 saturated carbocycles. The normalized spacial score (nSPS) is 14.4. The number of hydrogen-bond donors (Lipinski definition) is 2. The Morgan fingerprint density at radius 2 is 1.46 bits per heavy atom. The van der Waals surface area contributed by atoms with E-state index in [0.717, 1.165) is 17.7 Å². The van der Waals surface area contributed by atoms with Crippen molar-refractivity contribution in [3.63, 3.8) is 0 Å². The maximum Gasteiger partial charge on any atom is 0.256 e. The maximum absolute atomic E-state index is 13.0. The second-order valence-corrected chi connectivity index (χ2v) is 9.62.